The molecule has 3 atom stereocenters. The fourth-order valence-corrected chi connectivity index (χ4v) is 7.78. The van der Waals surface area contributed by atoms with Crippen LogP contribution in [0.2, 0.25) is 25.7 Å². The highest BCUT2D eigenvalue weighted by Gasteiger charge is 2.72. The van der Waals surface area contributed by atoms with Gasteiger partial charge in [0.05, 0.1) is 18.2 Å². The zero-order valence-corrected chi connectivity index (χ0v) is 30.2. The minimum Gasteiger partial charge on any atom is -0.468 e. The first kappa shape index (κ1) is 36.2. The zero-order valence-electron chi connectivity index (χ0n) is 28.4. The first-order valence-corrected chi connectivity index (χ1v) is 19.9. The third-order valence-corrected chi connectivity index (χ3v) is 11.2. The van der Waals surface area contributed by atoms with E-state index in [1.165, 1.54) is 48.5 Å². The van der Waals surface area contributed by atoms with Crippen molar-refractivity contribution in [2.24, 2.45) is 10.9 Å². The monoisotopic (exact) mass is 684 g/mol. The predicted octanol–water partition coefficient (Wildman–Crippen LogP) is 7.67. The largest absolute Gasteiger partial charge is 0.468 e. The SMILES string of the molecule is COC(=O)[C@]12C[C@H]1[C@@](C)(c1cc(/C=C(\F)c3ncc(C#N)cc3C)ccc1F)N=C(N(COCC[Si](C)(C)C)C(=O)OC(C)(C)C)S2. The summed E-state index contributed by atoms with van der Waals surface area (Å²) in [6.45, 7) is 15.5. The van der Waals surface area contributed by atoms with Crippen LogP contribution in [-0.4, -0.2) is 66.0 Å². The number of halogens is 2. The summed E-state index contributed by atoms with van der Waals surface area (Å²) in [4.78, 5) is 37.1. The highest BCUT2D eigenvalue weighted by molar-refractivity contribution is 8.15. The summed E-state index contributed by atoms with van der Waals surface area (Å²) in [6, 6.07) is 8.53. The van der Waals surface area contributed by atoms with Crippen LogP contribution in [0.5, 0.6) is 0 Å². The molecule has 1 fully saturated rings. The summed E-state index contributed by atoms with van der Waals surface area (Å²) >= 11 is 1.09. The summed E-state index contributed by atoms with van der Waals surface area (Å²) in [5.41, 5.74) is -0.881. The molecule has 1 aromatic carbocycles. The van der Waals surface area contributed by atoms with Gasteiger partial charge in [0.2, 0.25) is 0 Å². The van der Waals surface area contributed by atoms with Crippen LogP contribution in [0.15, 0.2) is 35.5 Å². The van der Waals surface area contributed by atoms with E-state index in [0.29, 0.717) is 29.7 Å². The smallest absolute Gasteiger partial charge is 0.418 e. The maximum atomic E-state index is 15.8. The molecule has 2 aromatic rings. The van der Waals surface area contributed by atoms with Crippen molar-refractivity contribution in [3.63, 3.8) is 0 Å². The molecule has 1 aliphatic heterocycles. The molecule has 252 valence electrons. The Hall–Kier alpha value is -3.60. The number of aryl methyl sites for hydroxylation is 1. The number of aromatic nitrogens is 1. The molecule has 4 rings (SSSR count). The number of esters is 1. The van der Waals surface area contributed by atoms with Crippen molar-refractivity contribution in [1.82, 2.24) is 9.88 Å². The fraction of sp³-hybridized carbons (Fsp3) is 0.500. The van der Waals surface area contributed by atoms with E-state index >= 15 is 8.78 Å². The summed E-state index contributed by atoms with van der Waals surface area (Å²) < 4.78 is 47.0. The number of methoxy groups -OCH3 is 1. The summed E-state index contributed by atoms with van der Waals surface area (Å²) in [5.74, 6) is -2.26. The fourth-order valence-electron chi connectivity index (χ4n) is 5.43. The van der Waals surface area contributed by atoms with E-state index in [-0.39, 0.29) is 23.2 Å². The second-order valence-corrected chi connectivity index (χ2v) is 21.2. The second kappa shape index (κ2) is 13.5. The number of aliphatic imine (C=N–C) groups is 1. The normalized spacial score (nSPS) is 22.5. The maximum absolute atomic E-state index is 15.8. The number of carbonyl (C=O) groups is 2. The number of benzene rings is 1. The molecule has 2 heterocycles. The Kier molecular flexibility index (Phi) is 10.4. The average Bonchev–Trinajstić information content (AvgIpc) is 3.73. The molecule has 0 N–H and O–H groups in total. The molecule has 47 heavy (non-hydrogen) atoms. The molecule has 0 unspecified atom stereocenters. The minimum atomic E-state index is -1.44. The highest BCUT2D eigenvalue weighted by Crippen LogP contribution is 2.67. The number of nitrogens with zero attached hydrogens (tertiary/aromatic N) is 4. The molecule has 1 aromatic heterocycles. The predicted molar refractivity (Wildman–Crippen MR) is 181 cm³/mol. The third kappa shape index (κ3) is 8.10. The molecule has 13 heteroatoms. The van der Waals surface area contributed by atoms with Gasteiger partial charge in [0.25, 0.3) is 0 Å². The van der Waals surface area contributed by atoms with E-state index in [9.17, 15) is 9.59 Å². The van der Waals surface area contributed by atoms with E-state index < -0.39 is 53.6 Å². The van der Waals surface area contributed by atoms with Gasteiger partial charge in [-0.1, -0.05) is 37.5 Å². The third-order valence-electron chi connectivity index (χ3n) is 8.05. The Morgan fingerprint density at radius 1 is 1.26 bits per heavy atom. The van der Waals surface area contributed by atoms with E-state index in [2.05, 4.69) is 24.6 Å². The van der Waals surface area contributed by atoms with Crippen molar-refractivity contribution >= 4 is 49.0 Å². The quantitative estimate of drug-likeness (QED) is 0.114. The van der Waals surface area contributed by atoms with Gasteiger partial charge in [-0.2, -0.15) is 5.26 Å². The Balaban J connectivity index is 1.79. The first-order valence-electron chi connectivity index (χ1n) is 15.3. The molecule has 1 aliphatic carbocycles. The van der Waals surface area contributed by atoms with Crippen LogP contribution in [0.4, 0.5) is 13.6 Å². The Morgan fingerprint density at radius 3 is 2.55 bits per heavy atom. The number of rotatable bonds is 9. The Labute approximate surface area is 280 Å². The molecular weight excluding hydrogens is 643 g/mol. The molecule has 0 spiro atoms. The molecular formula is C34H42F2N4O5SSi. The molecule has 2 aliphatic rings. The highest BCUT2D eigenvalue weighted by atomic mass is 32.2. The lowest BCUT2D eigenvalue weighted by molar-refractivity contribution is -0.141. The van der Waals surface area contributed by atoms with Crippen molar-refractivity contribution in [3.8, 4) is 6.07 Å². The van der Waals surface area contributed by atoms with Crippen molar-refractivity contribution < 1.29 is 32.6 Å². The number of fused-ring (bicyclic) bond motifs is 1. The van der Waals surface area contributed by atoms with E-state index in [0.717, 1.165) is 17.8 Å². The molecule has 1 saturated carbocycles. The number of nitriles is 1. The number of ether oxygens (including phenoxy) is 3. The molecule has 1 amide bonds. The van der Waals surface area contributed by atoms with Crippen molar-refractivity contribution in [1.29, 1.82) is 5.26 Å². The van der Waals surface area contributed by atoms with E-state index in [1.807, 2.05) is 6.07 Å². The van der Waals surface area contributed by atoms with Crippen LogP contribution < -0.4 is 0 Å². The van der Waals surface area contributed by atoms with Crippen LogP contribution in [0.3, 0.4) is 0 Å². The average molecular weight is 685 g/mol. The van der Waals surface area contributed by atoms with Crippen LogP contribution in [0, 0.1) is 30.0 Å². The number of hydrogen-bond acceptors (Lipinski definition) is 9. The number of thioether (sulfide) groups is 1. The lowest BCUT2D eigenvalue weighted by Gasteiger charge is -2.37. The zero-order chi connectivity index (χ0) is 34.9. The number of amides is 1. The molecule has 0 bridgehead atoms. The number of carbonyl (C=O) groups excluding carboxylic acids is 2. The topological polar surface area (TPSA) is 114 Å². The van der Waals surface area contributed by atoms with Crippen LogP contribution in [-0.2, 0) is 24.5 Å². The van der Waals surface area contributed by atoms with Gasteiger partial charge >= 0.3 is 12.1 Å². The van der Waals surface area contributed by atoms with Crippen molar-refractivity contribution in [2.75, 3.05) is 20.4 Å². The summed E-state index contributed by atoms with van der Waals surface area (Å²) in [5, 5.41) is 9.27. The standard InChI is InChI=1S/C34H42F2N4O5SSi/c1-21-14-23(18-37)19-38-28(21)26(36)16-22-10-11-25(35)24(15-22)33(5)27-17-34(27,29(41)43-6)46-30(39-33)40(31(42)45-32(2,3)4)20-44-12-13-47(7,8)9/h10-11,14-16,19,27H,12-13,17,20H2,1-9H3/b26-16-/t27-,33+,34-/m0/s1. The van der Waals surface area contributed by atoms with Gasteiger partial charge in [-0.15, -0.1) is 0 Å². The van der Waals surface area contributed by atoms with Gasteiger partial charge < -0.3 is 14.2 Å². The van der Waals surface area contributed by atoms with E-state index in [1.54, 1.807) is 34.6 Å². The summed E-state index contributed by atoms with van der Waals surface area (Å²) in [7, 11) is -0.150. The summed E-state index contributed by atoms with van der Waals surface area (Å²) in [6.07, 6.45) is 2.11. The van der Waals surface area contributed by atoms with Crippen LogP contribution >= 0.6 is 11.8 Å². The number of hydrogen-bond donors (Lipinski definition) is 0. The van der Waals surface area contributed by atoms with Gasteiger partial charge in [0.15, 0.2) is 5.17 Å². The number of amidine groups is 1. The lowest BCUT2D eigenvalue weighted by atomic mass is 9.84. The maximum Gasteiger partial charge on any atom is 0.418 e. The van der Waals surface area contributed by atoms with Gasteiger partial charge in [0.1, 0.15) is 40.5 Å². The Bertz CT molecular complexity index is 1660. The van der Waals surface area contributed by atoms with Gasteiger partial charge in [-0.3, -0.25) is 14.8 Å². The first-order chi connectivity index (χ1) is 21.8. The van der Waals surface area contributed by atoms with Gasteiger partial charge in [-0.25, -0.2) is 18.5 Å². The lowest BCUT2D eigenvalue weighted by Crippen LogP contribution is -2.47. The molecule has 9 nitrogen and oxygen atoms in total. The minimum absolute atomic E-state index is 0.0597. The van der Waals surface area contributed by atoms with Crippen molar-refractivity contribution in [3.05, 3.63) is 64.2 Å². The van der Waals surface area contributed by atoms with Crippen molar-refractivity contribution in [2.45, 2.75) is 82.6 Å². The van der Waals surface area contributed by atoms with Crippen LogP contribution in [0.25, 0.3) is 11.9 Å². The van der Waals surface area contributed by atoms with Gasteiger partial charge in [0, 0.05) is 32.4 Å². The molecule has 0 radical (unpaired) electrons. The number of pyridine rings is 1. The van der Waals surface area contributed by atoms with Crippen LogP contribution in [0.1, 0.15) is 62.1 Å². The molecule has 0 saturated heterocycles. The van der Waals surface area contributed by atoms with Gasteiger partial charge in [-0.05, 0) is 82.5 Å². The van der Waals surface area contributed by atoms with E-state index in [4.69, 9.17) is 24.5 Å². The second-order valence-electron chi connectivity index (χ2n) is 14.3. The Morgan fingerprint density at radius 2 is 1.96 bits per heavy atom.